The normalized spacial score (nSPS) is 15.4. The summed E-state index contributed by atoms with van der Waals surface area (Å²) in [4.78, 5) is 34.9. The van der Waals surface area contributed by atoms with Gasteiger partial charge in [0.25, 0.3) is 5.91 Å². The molecule has 0 bridgehead atoms. The lowest BCUT2D eigenvalue weighted by Crippen LogP contribution is -2.50. The van der Waals surface area contributed by atoms with Gasteiger partial charge in [0, 0.05) is 12.6 Å². The van der Waals surface area contributed by atoms with Gasteiger partial charge in [-0.3, -0.25) is 14.4 Å². The highest BCUT2D eigenvalue weighted by molar-refractivity contribution is 5.88. The van der Waals surface area contributed by atoms with Crippen molar-refractivity contribution in [2.75, 3.05) is 11.9 Å². The van der Waals surface area contributed by atoms with Crippen molar-refractivity contribution in [1.82, 2.24) is 5.32 Å². The predicted octanol–water partition coefficient (Wildman–Crippen LogP) is 2.07. The average Bonchev–Trinajstić information content (AvgIpc) is 2.62. The van der Waals surface area contributed by atoms with E-state index in [2.05, 4.69) is 16.7 Å². The molecule has 7 nitrogen and oxygen atoms in total. The van der Waals surface area contributed by atoms with Crippen LogP contribution in [0.5, 0.6) is 0 Å². The Kier molecular flexibility index (Phi) is 6.73. The fourth-order valence-corrected chi connectivity index (χ4v) is 3.00. The number of anilines is 1. The van der Waals surface area contributed by atoms with Crippen LogP contribution in [0.3, 0.4) is 0 Å². The number of carbonyl (C=O) groups is 3. The summed E-state index contributed by atoms with van der Waals surface area (Å²) < 4.78 is 5.00. The molecule has 2 amide bonds. The van der Waals surface area contributed by atoms with Crippen LogP contribution in [-0.4, -0.2) is 29.9 Å². The van der Waals surface area contributed by atoms with E-state index in [0.717, 1.165) is 19.3 Å². The van der Waals surface area contributed by atoms with Crippen LogP contribution in [0.25, 0.3) is 0 Å². The van der Waals surface area contributed by atoms with Crippen LogP contribution in [0.2, 0.25) is 0 Å². The van der Waals surface area contributed by atoms with Crippen molar-refractivity contribution in [2.45, 2.75) is 51.0 Å². The lowest BCUT2D eigenvalue weighted by Gasteiger charge is -2.31. The number of rotatable bonds is 6. The fraction of sp³-hybridized carbons (Fsp3) is 0.474. The Morgan fingerprint density at radius 3 is 2.38 bits per heavy atom. The van der Waals surface area contributed by atoms with Crippen molar-refractivity contribution in [3.63, 3.8) is 0 Å². The second kappa shape index (κ2) is 8.99. The third-order valence-corrected chi connectivity index (χ3v) is 4.29. The number of nitriles is 1. The van der Waals surface area contributed by atoms with Gasteiger partial charge in [-0.15, -0.1) is 0 Å². The van der Waals surface area contributed by atoms with E-state index in [1.807, 2.05) is 0 Å². The fourth-order valence-electron chi connectivity index (χ4n) is 3.00. The number of carbonyl (C=O) groups excluding carboxylic acids is 3. The molecule has 0 saturated heterocycles. The highest BCUT2D eigenvalue weighted by atomic mass is 16.5. The maximum Gasteiger partial charge on any atom is 0.310 e. The zero-order chi connectivity index (χ0) is 19.0. The maximum absolute atomic E-state index is 12.0. The molecular formula is C19H23N3O4. The van der Waals surface area contributed by atoms with E-state index >= 15 is 0 Å². The molecule has 1 aromatic rings. The molecule has 1 aliphatic rings. The van der Waals surface area contributed by atoms with Crippen molar-refractivity contribution in [3.05, 3.63) is 29.8 Å². The van der Waals surface area contributed by atoms with E-state index in [0.29, 0.717) is 24.1 Å². The van der Waals surface area contributed by atoms with Gasteiger partial charge in [-0.25, -0.2) is 0 Å². The smallest absolute Gasteiger partial charge is 0.310 e. The van der Waals surface area contributed by atoms with E-state index in [-0.39, 0.29) is 12.3 Å². The summed E-state index contributed by atoms with van der Waals surface area (Å²) in [6, 6.07) is 8.99. The van der Waals surface area contributed by atoms with E-state index in [9.17, 15) is 19.6 Å². The van der Waals surface area contributed by atoms with E-state index in [1.165, 1.54) is 6.92 Å². The second-order valence-corrected chi connectivity index (χ2v) is 6.52. The molecule has 2 N–H and O–H groups in total. The number of hydrogen-bond donors (Lipinski definition) is 2. The summed E-state index contributed by atoms with van der Waals surface area (Å²) in [6.07, 6.45) is 4.16. The van der Waals surface area contributed by atoms with Gasteiger partial charge in [0.15, 0.2) is 6.61 Å². The lowest BCUT2D eigenvalue weighted by molar-refractivity contribution is -0.148. The Hall–Kier alpha value is -2.88. The van der Waals surface area contributed by atoms with Gasteiger partial charge in [0.1, 0.15) is 5.54 Å². The SMILES string of the molecule is CC(=O)Nc1ccc(CC(=O)OCC(=O)NC2(C#N)CCCCC2)cc1. The predicted molar refractivity (Wildman–Crippen MR) is 95.0 cm³/mol. The highest BCUT2D eigenvalue weighted by Crippen LogP contribution is 2.27. The first-order valence-corrected chi connectivity index (χ1v) is 8.67. The van der Waals surface area contributed by atoms with Crippen molar-refractivity contribution >= 4 is 23.5 Å². The van der Waals surface area contributed by atoms with Crippen molar-refractivity contribution in [1.29, 1.82) is 5.26 Å². The number of nitrogens with one attached hydrogen (secondary N) is 2. The second-order valence-electron chi connectivity index (χ2n) is 6.52. The molecule has 7 heteroatoms. The number of ether oxygens (including phenoxy) is 1. The molecule has 0 radical (unpaired) electrons. The molecule has 0 aromatic heterocycles. The van der Waals surface area contributed by atoms with Gasteiger partial charge in [-0.2, -0.15) is 5.26 Å². The standard InChI is InChI=1S/C19H23N3O4/c1-14(23)21-16-7-5-15(6-8-16)11-18(25)26-12-17(24)22-19(13-20)9-3-2-4-10-19/h5-8H,2-4,9-12H2,1H3,(H,21,23)(H,22,24). The number of hydrogen-bond acceptors (Lipinski definition) is 5. The van der Waals surface area contributed by atoms with Crippen LogP contribution in [0.15, 0.2) is 24.3 Å². The molecule has 0 aliphatic heterocycles. The van der Waals surface area contributed by atoms with Crippen LogP contribution in [0, 0.1) is 11.3 Å². The largest absolute Gasteiger partial charge is 0.455 e. The lowest BCUT2D eigenvalue weighted by atomic mass is 9.83. The summed E-state index contributed by atoms with van der Waals surface area (Å²) in [7, 11) is 0. The number of benzene rings is 1. The molecule has 2 rings (SSSR count). The third kappa shape index (κ3) is 5.88. The van der Waals surface area contributed by atoms with Crippen molar-refractivity contribution < 1.29 is 19.1 Å². The summed E-state index contributed by atoms with van der Waals surface area (Å²) in [5.74, 6) is -1.15. The molecule has 1 aromatic carbocycles. The minimum atomic E-state index is -0.832. The first-order valence-electron chi connectivity index (χ1n) is 8.67. The number of esters is 1. The average molecular weight is 357 g/mol. The van der Waals surface area contributed by atoms with Gasteiger partial charge in [-0.1, -0.05) is 31.4 Å². The summed E-state index contributed by atoms with van der Waals surface area (Å²) >= 11 is 0. The number of nitrogens with zero attached hydrogens (tertiary/aromatic N) is 1. The monoisotopic (exact) mass is 357 g/mol. The third-order valence-electron chi connectivity index (χ3n) is 4.29. The zero-order valence-electron chi connectivity index (χ0n) is 14.8. The maximum atomic E-state index is 12.0. The quantitative estimate of drug-likeness (QED) is 0.758. The first kappa shape index (κ1) is 19.4. The Morgan fingerprint density at radius 2 is 1.81 bits per heavy atom. The Labute approximate surface area is 152 Å². The highest BCUT2D eigenvalue weighted by Gasteiger charge is 2.33. The Balaban J connectivity index is 1.78. The Morgan fingerprint density at radius 1 is 1.15 bits per heavy atom. The first-order chi connectivity index (χ1) is 12.4. The molecule has 138 valence electrons. The minimum absolute atomic E-state index is 0.0248. The van der Waals surface area contributed by atoms with Gasteiger partial charge in [-0.05, 0) is 30.5 Å². The van der Waals surface area contributed by atoms with Crippen LogP contribution in [0.4, 0.5) is 5.69 Å². The number of amides is 2. The van der Waals surface area contributed by atoms with Gasteiger partial charge in [0.2, 0.25) is 5.91 Å². The van der Waals surface area contributed by atoms with Crippen molar-refractivity contribution in [2.24, 2.45) is 0 Å². The van der Waals surface area contributed by atoms with E-state index < -0.39 is 24.0 Å². The topological polar surface area (TPSA) is 108 Å². The van der Waals surface area contributed by atoms with Crippen LogP contribution >= 0.6 is 0 Å². The molecule has 1 saturated carbocycles. The molecule has 0 atom stereocenters. The van der Waals surface area contributed by atoms with Crippen LogP contribution < -0.4 is 10.6 Å². The molecular weight excluding hydrogens is 334 g/mol. The molecule has 1 aliphatic carbocycles. The van der Waals surface area contributed by atoms with Crippen molar-refractivity contribution in [3.8, 4) is 6.07 Å². The molecule has 1 fully saturated rings. The van der Waals surface area contributed by atoms with E-state index in [1.54, 1.807) is 24.3 Å². The van der Waals surface area contributed by atoms with Gasteiger partial charge in [0.05, 0.1) is 12.5 Å². The molecule has 26 heavy (non-hydrogen) atoms. The van der Waals surface area contributed by atoms with Gasteiger partial charge < -0.3 is 15.4 Å². The molecule has 0 heterocycles. The van der Waals surface area contributed by atoms with Crippen LogP contribution in [0.1, 0.15) is 44.6 Å². The minimum Gasteiger partial charge on any atom is -0.455 e. The summed E-state index contributed by atoms with van der Waals surface area (Å²) in [5.41, 5.74) is 0.523. The Bertz CT molecular complexity index is 700. The van der Waals surface area contributed by atoms with E-state index in [4.69, 9.17) is 4.74 Å². The van der Waals surface area contributed by atoms with Gasteiger partial charge >= 0.3 is 5.97 Å². The molecule has 0 unspecified atom stereocenters. The summed E-state index contributed by atoms with van der Waals surface area (Å²) in [5, 5.41) is 14.7. The molecule has 0 spiro atoms. The summed E-state index contributed by atoms with van der Waals surface area (Å²) in [6.45, 7) is 1.02. The van der Waals surface area contributed by atoms with Crippen LogP contribution in [-0.2, 0) is 25.5 Å². The zero-order valence-corrected chi connectivity index (χ0v) is 14.8.